The van der Waals surface area contributed by atoms with Gasteiger partial charge in [-0.05, 0) is 13.5 Å². The molecule has 0 radical (unpaired) electrons. The van der Waals surface area contributed by atoms with Gasteiger partial charge in [0.1, 0.15) is 0 Å². The van der Waals surface area contributed by atoms with Crippen molar-refractivity contribution in [2.24, 2.45) is 4.99 Å². The Bertz CT molecular complexity index is 495. The molecule has 0 saturated carbocycles. The summed E-state index contributed by atoms with van der Waals surface area (Å²) in [5.74, 6) is 1.99. The lowest BCUT2D eigenvalue weighted by Crippen LogP contribution is -2.41. The number of likely N-dealkylation sites (N-methyl/N-ethyl adjacent to an activating group) is 1. The Hall–Kier alpha value is -1.67. The maximum Gasteiger partial charge on any atom is 0.232 e. The van der Waals surface area contributed by atoms with E-state index < -0.39 is 0 Å². The lowest BCUT2D eigenvalue weighted by atomic mass is 9.97. The van der Waals surface area contributed by atoms with Crippen LogP contribution in [0.2, 0.25) is 0 Å². The van der Waals surface area contributed by atoms with E-state index in [0.29, 0.717) is 18.3 Å². The summed E-state index contributed by atoms with van der Waals surface area (Å²) in [6.45, 7) is 10.2. The standard InChI is InChI=1S/C16H32N6O2/c1-16(2,3)14-20-13(21-24-14)12-19-15(17-4)18-8-10-22(5)9-7-11-23-6/h7-12H2,1-6H3,(H2,17,18,19). The second-order valence-electron chi connectivity index (χ2n) is 6.77. The van der Waals surface area contributed by atoms with Crippen molar-refractivity contribution >= 4 is 5.96 Å². The first kappa shape index (κ1) is 20.4. The van der Waals surface area contributed by atoms with E-state index in [9.17, 15) is 0 Å². The number of nitrogens with zero attached hydrogens (tertiary/aromatic N) is 4. The molecule has 1 heterocycles. The van der Waals surface area contributed by atoms with Gasteiger partial charge in [-0.1, -0.05) is 25.9 Å². The van der Waals surface area contributed by atoms with Crippen molar-refractivity contribution in [2.45, 2.75) is 39.2 Å². The average Bonchev–Trinajstić information content (AvgIpc) is 3.00. The monoisotopic (exact) mass is 340 g/mol. The molecule has 1 rings (SSSR count). The van der Waals surface area contributed by atoms with Crippen LogP contribution in [0, 0.1) is 0 Å². The highest BCUT2D eigenvalue weighted by atomic mass is 16.5. The number of rotatable bonds is 9. The fraction of sp³-hybridized carbons (Fsp3) is 0.812. The Morgan fingerprint density at radius 3 is 2.62 bits per heavy atom. The molecule has 0 unspecified atom stereocenters. The number of methoxy groups -OCH3 is 1. The van der Waals surface area contributed by atoms with Gasteiger partial charge in [-0.25, -0.2) is 0 Å². The molecule has 0 bridgehead atoms. The smallest absolute Gasteiger partial charge is 0.232 e. The zero-order valence-corrected chi connectivity index (χ0v) is 15.8. The van der Waals surface area contributed by atoms with Gasteiger partial charge in [0.2, 0.25) is 5.89 Å². The molecule has 0 spiro atoms. The van der Waals surface area contributed by atoms with Gasteiger partial charge < -0.3 is 24.8 Å². The number of hydrogen-bond acceptors (Lipinski definition) is 6. The number of aromatic nitrogens is 2. The molecule has 0 fully saturated rings. The fourth-order valence-corrected chi connectivity index (χ4v) is 1.97. The molecular weight excluding hydrogens is 308 g/mol. The van der Waals surface area contributed by atoms with Gasteiger partial charge in [0, 0.05) is 45.8 Å². The van der Waals surface area contributed by atoms with E-state index in [0.717, 1.165) is 38.6 Å². The lowest BCUT2D eigenvalue weighted by molar-refractivity contribution is 0.180. The normalized spacial score (nSPS) is 12.7. The molecule has 1 aromatic rings. The van der Waals surface area contributed by atoms with Crippen molar-refractivity contribution in [3.05, 3.63) is 11.7 Å². The molecule has 0 aromatic carbocycles. The SMILES string of the molecule is CN=C(NCCN(C)CCCOC)NCc1noc(C(C)(C)C)n1. The van der Waals surface area contributed by atoms with Crippen LogP contribution in [0.25, 0.3) is 0 Å². The second kappa shape index (κ2) is 10.2. The van der Waals surface area contributed by atoms with Crippen molar-refractivity contribution in [3.63, 3.8) is 0 Å². The Morgan fingerprint density at radius 2 is 2.04 bits per heavy atom. The summed E-state index contributed by atoms with van der Waals surface area (Å²) in [5, 5.41) is 10.5. The van der Waals surface area contributed by atoms with E-state index in [1.165, 1.54) is 0 Å². The van der Waals surface area contributed by atoms with Crippen molar-refractivity contribution < 1.29 is 9.26 Å². The molecule has 1 aromatic heterocycles. The van der Waals surface area contributed by atoms with Crippen LogP contribution in [-0.2, 0) is 16.7 Å². The predicted octanol–water partition coefficient (Wildman–Crippen LogP) is 1.00. The van der Waals surface area contributed by atoms with E-state index in [4.69, 9.17) is 9.26 Å². The van der Waals surface area contributed by atoms with Crippen molar-refractivity contribution in [3.8, 4) is 0 Å². The van der Waals surface area contributed by atoms with Gasteiger partial charge in [0.15, 0.2) is 11.8 Å². The second-order valence-corrected chi connectivity index (χ2v) is 6.77. The molecule has 0 aliphatic carbocycles. The van der Waals surface area contributed by atoms with Gasteiger partial charge in [-0.3, -0.25) is 4.99 Å². The first-order valence-electron chi connectivity index (χ1n) is 8.32. The molecule has 138 valence electrons. The van der Waals surface area contributed by atoms with Crippen molar-refractivity contribution in [1.82, 2.24) is 25.7 Å². The van der Waals surface area contributed by atoms with Crippen LogP contribution in [0.15, 0.2) is 9.52 Å². The molecule has 0 saturated heterocycles. The van der Waals surface area contributed by atoms with Crippen LogP contribution in [0.1, 0.15) is 38.9 Å². The molecule has 2 N–H and O–H groups in total. The summed E-state index contributed by atoms with van der Waals surface area (Å²) in [6.07, 6.45) is 1.04. The van der Waals surface area contributed by atoms with E-state index in [-0.39, 0.29) is 5.41 Å². The maximum atomic E-state index is 5.28. The third kappa shape index (κ3) is 7.74. The number of guanidine groups is 1. The Labute approximate surface area is 145 Å². The van der Waals surface area contributed by atoms with Crippen LogP contribution in [-0.4, -0.2) is 68.4 Å². The largest absolute Gasteiger partial charge is 0.385 e. The maximum absolute atomic E-state index is 5.28. The molecule has 24 heavy (non-hydrogen) atoms. The summed E-state index contributed by atoms with van der Waals surface area (Å²) < 4.78 is 10.3. The van der Waals surface area contributed by atoms with Gasteiger partial charge in [-0.15, -0.1) is 0 Å². The third-order valence-corrected chi connectivity index (χ3v) is 3.42. The highest BCUT2D eigenvalue weighted by Gasteiger charge is 2.21. The number of hydrogen-bond donors (Lipinski definition) is 2. The summed E-state index contributed by atoms with van der Waals surface area (Å²) in [7, 11) is 5.57. The summed E-state index contributed by atoms with van der Waals surface area (Å²) in [6, 6.07) is 0. The average molecular weight is 340 g/mol. The topological polar surface area (TPSA) is 87.8 Å². The number of nitrogens with one attached hydrogen (secondary N) is 2. The molecule has 0 atom stereocenters. The quantitative estimate of drug-likeness (QED) is 0.394. The number of aliphatic imine (C=N–C) groups is 1. The van der Waals surface area contributed by atoms with Crippen molar-refractivity contribution in [2.75, 3.05) is 47.4 Å². The summed E-state index contributed by atoms with van der Waals surface area (Å²) in [4.78, 5) is 10.9. The minimum Gasteiger partial charge on any atom is -0.385 e. The predicted molar refractivity (Wildman–Crippen MR) is 95.2 cm³/mol. The zero-order chi connectivity index (χ0) is 18.0. The van der Waals surface area contributed by atoms with E-state index in [1.54, 1.807) is 14.2 Å². The molecule has 8 heteroatoms. The molecule has 0 aliphatic rings. The highest BCUT2D eigenvalue weighted by molar-refractivity contribution is 5.79. The van der Waals surface area contributed by atoms with E-state index >= 15 is 0 Å². The third-order valence-electron chi connectivity index (χ3n) is 3.42. The van der Waals surface area contributed by atoms with Crippen LogP contribution < -0.4 is 10.6 Å². The first-order valence-corrected chi connectivity index (χ1v) is 8.32. The molecule has 8 nitrogen and oxygen atoms in total. The lowest BCUT2D eigenvalue weighted by Gasteiger charge is -2.17. The van der Waals surface area contributed by atoms with Crippen LogP contribution in [0.5, 0.6) is 0 Å². The fourth-order valence-electron chi connectivity index (χ4n) is 1.97. The molecule has 0 aliphatic heterocycles. The van der Waals surface area contributed by atoms with E-state index in [1.807, 2.05) is 20.8 Å². The Morgan fingerprint density at radius 1 is 1.29 bits per heavy atom. The molecule has 0 amide bonds. The number of ether oxygens (including phenoxy) is 1. The minimum atomic E-state index is -0.140. The van der Waals surface area contributed by atoms with Gasteiger partial charge in [0.25, 0.3) is 0 Å². The van der Waals surface area contributed by atoms with Gasteiger partial charge >= 0.3 is 0 Å². The highest BCUT2D eigenvalue weighted by Crippen LogP contribution is 2.19. The van der Waals surface area contributed by atoms with Gasteiger partial charge in [-0.2, -0.15) is 4.98 Å². The van der Waals surface area contributed by atoms with Crippen LogP contribution >= 0.6 is 0 Å². The first-order chi connectivity index (χ1) is 11.4. The zero-order valence-electron chi connectivity index (χ0n) is 15.8. The van der Waals surface area contributed by atoms with Crippen LogP contribution in [0.3, 0.4) is 0 Å². The van der Waals surface area contributed by atoms with Gasteiger partial charge in [0.05, 0.1) is 6.54 Å². The van der Waals surface area contributed by atoms with E-state index in [2.05, 4.69) is 37.7 Å². The molecular formula is C16H32N6O2. The van der Waals surface area contributed by atoms with Crippen LogP contribution in [0.4, 0.5) is 0 Å². The Kier molecular flexibility index (Phi) is 8.70. The summed E-state index contributed by atoms with van der Waals surface area (Å²) >= 11 is 0. The minimum absolute atomic E-state index is 0.140. The summed E-state index contributed by atoms with van der Waals surface area (Å²) in [5.41, 5.74) is -0.140. The Balaban J connectivity index is 2.29. The van der Waals surface area contributed by atoms with Crippen molar-refractivity contribution in [1.29, 1.82) is 0 Å².